The number of aromatic hydroxyl groups is 1. The molecule has 21 heavy (non-hydrogen) atoms. The second-order valence-electron chi connectivity index (χ2n) is 4.41. The first kappa shape index (κ1) is 14.6. The third kappa shape index (κ3) is 2.73. The summed E-state index contributed by atoms with van der Waals surface area (Å²) < 4.78 is 7.11. The molecule has 0 unspecified atom stereocenters. The van der Waals surface area contributed by atoms with Crippen LogP contribution in [0.25, 0.3) is 6.08 Å². The summed E-state index contributed by atoms with van der Waals surface area (Å²) in [5.74, 6) is 0.508. The Balaban J connectivity index is 2.03. The maximum Gasteiger partial charge on any atom is 0.232 e. The number of carbonyl (C=O) groups is 1. The van der Waals surface area contributed by atoms with Crippen molar-refractivity contribution < 1.29 is 14.6 Å². The van der Waals surface area contributed by atoms with Gasteiger partial charge < -0.3 is 9.84 Å². The van der Waals surface area contributed by atoms with Crippen LogP contribution >= 0.6 is 43.5 Å². The van der Waals surface area contributed by atoms with Crippen LogP contribution in [0.1, 0.15) is 15.9 Å². The lowest BCUT2D eigenvalue weighted by Crippen LogP contribution is -1.98. The van der Waals surface area contributed by atoms with E-state index in [1.165, 1.54) is 6.07 Å². The first-order valence-corrected chi connectivity index (χ1v) is 7.84. The third-order valence-corrected chi connectivity index (χ3v) is 4.31. The lowest BCUT2D eigenvalue weighted by Gasteiger charge is -2.02. The smallest absolute Gasteiger partial charge is 0.232 e. The Morgan fingerprint density at radius 2 is 1.95 bits per heavy atom. The van der Waals surface area contributed by atoms with Crippen molar-refractivity contribution in [1.29, 1.82) is 0 Å². The minimum absolute atomic E-state index is 0.00700. The van der Waals surface area contributed by atoms with E-state index in [0.717, 1.165) is 4.47 Å². The maximum atomic E-state index is 12.3. The van der Waals surface area contributed by atoms with E-state index in [9.17, 15) is 9.90 Å². The van der Waals surface area contributed by atoms with Crippen molar-refractivity contribution in [3.63, 3.8) is 0 Å². The molecule has 3 nitrogen and oxygen atoms in total. The standard InChI is InChI=1S/C15H7Br2ClO3/c16-8-5-9-14(20)13(21-15(9)10(17)6-8)4-7-1-2-12(19)11(18)3-7/h1-6,19H/b13-4-. The Labute approximate surface area is 142 Å². The van der Waals surface area contributed by atoms with Crippen molar-refractivity contribution in [2.45, 2.75) is 0 Å². The predicted octanol–water partition coefficient (Wildman–Crippen LogP) is 5.19. The molecule has 2 aromatic carbocycles. The zero-order valence-corrected chi connectivity index (χ0v) is 14.3. The van der Waals surface area contributed by atoms with Crippen LogP contribution in [0.2, 0.25) is 5.02 Å². The summed E-state index contributed by atoms with van der Waals surface area (Å²) in [5.41, 5.74) is 1.16. The highest BCUT2D eigenvalue weighted by atomic mass is 79.9. The van der Waals surface area contributed by atoms with Crippen molar-refractivity contribution in [1.82, 2.24) is 0 Å². The van der Waals surface area contributed by atoms with Gasteiger partial charge in [0.25, 0.3) is 0 Å². The molecule has 0 aliphatic carbocycles. The highest BCUT2D eigenvalue weighted by molar-refractivity contribution is 9.11. The molecule has 0 saturated carbocycles. The van der Waals surface area contributed by atoms with Crippen LogP contribution in [-0.4, -0.2) is 10.9 Å². The molecule has 106 valence electrons. The third-order valence-electron chi connectivity index (χ3n) is 2.96. The van der Waals surface area contributed by atoms with Crippen LogP contribution in [0, 0.1) is 0 Å². The molecule has 3 rings (SSSR count). The molecule has 0 amide bonds. The van der Waals surface area contributed by atoms with Crippen LogP contribution in [-0.2, 0) is 0 Å². The molecule has 0 bridgehead atoms. The highest BCUT2D eigenvalue weighted by Gasteiger charge is 2.29. The van der Waals surface area contributed by atoms with Gasteiger partial charge in [-0.2, -0.15) is 0 Å². The van der Waals surface area contributed by atoms with Gasteiger partial charge in [0.15, 0.2) is 11.5 Å². The van der Waals surface area contributed by atoms with Gasteiger partial charge >= 0.3 is 0 Å². The summed E-state index contributed by atoms with van der Waals surface area (Å²) in [5, 5.41) is 9.62. The SMILES string of the molecule is O=C1/C(=C/c2ccc(O)c(Cl)c2)Oc2c(Br)cc(Br)cc21. The number of phenolic OH excluding ortho intramolecular Hbond substituents is 1. The molecule has 1 aliphatic rings. The minimum Gasteiger partial charge on any atom is -0.506 e. The lowest BCUT2D eigenvalue weighted by atomic mass is 10.1. The monoisotopic (exact) mass is 428 g/mol. The van der Waals surface area contributed by atoms with Crippen molar-refractivity contribution in [2.24, 2.45) is 0 Å². The Kier molecular flexibility index (Phi) is 3.82. The maximum absolute atomic E-state index is 12.3. The Hall–Kier alpha value is -1.30. The second kappa shape index (κ2) is 5.48. The molecular weight excluding hydrogens is 423 g/mol. The first-order chi connectivity index (χ1) is 9.95. The molecule has 1 N–H and O–H groups in total. The number of phenols is 1. The average molecular weight is 430 g/mol. The number of ketones is 1. The van der Waals surface area contributed by atoms with E-state index in [4.69, 9.17) is 16.3 Å². The van der Waals surface area contributed by atoms with Gasteiger partial charge in [0.05, 0.1) is 15.1 Å². The highest BCUT2D eigenvalue weighted by Crippen LogP contribution is 2.40. The van der Waals surface area contributed by atoms with Gasteiger partial charge in [-0.3, -0.25) is 4.79 Å². The average Bonchev–Trinajstić information content (AvgIpc) is 2.72. The summed E-state index contributed by atoms with van der Waals surface area (Å²) >= 11 is 12.6. The molecule has 0 spiro atoms. The molecule has 0 radical (unpaired) electrons. The zero-order valence-electron chi connectivity index (χ0n) is 10.4. The fourth-order valence-corrected chi connectivity index (χ4v) is 3.48. The molecule has 0 aromatic heterocycles. The van der Waals surface area contributed by atoms with Crippen LogP contribution in [0.3, 0.4) is 0 Å². The number of benzene rings is 2. The largest absolute Gasteiger partial charge is 0.506 e. The Bertz CT molecular complexity index is 800. The topological polar surface area (TPSA) is 46.5 Å². The van der Waals surface area contributed by atoms with Crippen molar-refractivity contribution in [3.8, 4) is 11.5 Å². The number of allylic oxidation sites excluding steroid dienone is 1. The number of Topliss-reactive ketones (excluding diaryl/α,β-unsaturated/α-hetero) is 1. The molecule has 2 aromatic rings. The van der Waals surface area contributed by atoms with E-state index in [2.05, 4.69) is 31.9 Å². The molecule has 0 atom stereocenters. The summed E-state index contributed by atoms with van der Waals surface area (Å²) in [6.45, 7) is 0. The lowest BCUT2D eigenvalue weighted by molar-refractivity contribution is 0.101. The number of rotatable bonds is 1. The van der Waals surface area contributed by atoms with Gasteiger partial charge in [0, 0.05) is 4.47 Å². The van der Waals surface area contributed by atoms with Gasteiger partial charge in [0.2, 0.25) is 5.78 Å². The minimum atomic E-state index is -0.198. The van der Waals surface area contributed by atoms with Gasteiger partial charge in [-0.15, -0.1) is 0 Å². The van der Waals surface area contributed by atoms with Gasteiger partial charge in [-0.25, -0.2) is 0 Å². The first-order valence-electron chi connectivity index (χ1n) is 5.87. The Morgan fingerprint density at radius 3 is 2.67 bits per heavy atom. The fourth-order valence-electron chi connectivity index (χ4n) is 1.98. The number of hydrogen-bond donors (Lipinski definition) is 1. The Morgan fingerprint density at radius 1 is 1.19 bits per heavy atom. The molecule has 1 aliphatic heterocycles. The molecule has 0 saturated heterocycles. The van der Waals surface area contributed by atoms with Crippen molar-refractivity contribution in [2.75, 3.05) is 0 Å². The van der Waals surface area contributed by atoms with Crippen LogP contribution in [0.4, 0.5) is 0 Å². The number of halogens is 3. The summed E-state index contributed by atoms with van der Waals surface area (Å²) in [4.78, 5) is 12.3. The molecular formula is C15H7Br2ClO3. The summed E-state index contributed by atoms with van der Waals surface area (Å²) in [7, 11) is 0. The van der Waals surface area contributed by atoms with Gasteiger partial charge in [0.1, 0.15) is 5.75 Å². The number of carbonyl (C=O) groups excluding carboxylic acids is 1. The van der Waals surface area contributed by atoms with E-state index < -0.39 is 0 Å². The van der Waals surface area contributed by atoms with Crippen molar-refractivity contribution >= 4 is 55.3 Å². The second-order valence-corrected chi connectivity index (χ2v) is 6.59. The number of fused-ring (bicyclic) bond motifs is 1. The van der Waals surface area contributed by atoms with Crippen LogP contribution < -0.4 is 4.74 Å². The number of ether oxygens (including phenoxy) is 1. The van der Waals surface area contributed by atoms with Gasteiger partial charge in [-0.05, 0) is 51.8 Å². The van der Waals surface area contributed by atoms with E-state index in [0.29, 0.717) is 21.3 Å². The molecule has 6 heteroatoms. The zero-order chi connectivity index (χ0) is 15.1. The predicted molar refractivity (Wildman–Crippen MR) is 87.9 cm³/mol. The van der Waals surface area contributed by atoms with Gasteiger partial charge in [-0.1, -0.05) is 33.6 Å². The van der Waals surface area contributed by atoms with Crippen LogP contribution in [0.15, 0.2) is 45.0 Å². The quantitative estimate of drug-likeness (QED) is 0.634. The van der Waals surface area contributed by atoms with E-state index in [-0.39, 0.29) is 22.3 Å². The van der Waals surface area contributed by atoms with E-state index in [1.54, 1.807) is 24.3 Å². The molecule has 1 heterocycles. The summed E-state index contributed by atoms with van der Waals surface area (Å²) in [6, 6.07) is 8.21. The fraction of sp³-hybridized carbons (Fsp3) is 0. The van der Waals surface area contributed by atoms with Crippen LogP contribution in [0.5, 0.6) is 11.5 Å². The van der Waals surface area contributed by atoms with Crippen molar-refractivity contribution in [3.05, 3.63) is 61.2 Å². The van der Waals surface area contributed by atoms with E-state index in [1.807, 2.05) is 6.07 Å². The normalized spacial score (nSPS) is 15.2. The molecule has 0 fully saturated rings. The number of hydrogen-bond acceptors (Lipinski definition) is 3. The summed E-state index contributed by atoms with van der Waals surface area (Å²) in [6.07, 6.45) is 1.59. The van der Waals surface area contributed by atoms with E-state index >= 15 is 0 Å².